The monoisotopic (exact) mass is 299 g/mol. The number of aryl methyl sites for hydroxylation is 1. The predicted octanol–water partition coefficient (Wildman–Crippen LogP) is 3.08. The van der Waals surface area contributed by atoms with Crippen LogP contribution >= 0.6 is 11.3 Å². The molecule has 110 valence electrons. The average Bonchev–Trinajstić information content (AvgIpc) is 2.82. The van der Waals surface area contributed by atoms with E-state index in [4.69, 9.17) is 10.7 Å². The highest BCUT2D eigenvalue weighted by atomic mass is 32.1. The van der Waals surface area contributed by atoms with Crippen molar-refractivity contribution in [2.75, 3.05) is 18.0 Å². The van der Waals surface area contributed by atoms with Crippen LogP contribution in [0, 0.1) is 0 Å². The van der Waals surface area contributed by atoms with E-state index in [1.54, 1.807) is 0 Å². The molecule has 1 atom stereocenters. The molecule has 3 nitrogen and oxygen atoms in total. The Morgan fingerprint density at radius 1 is 1.10 bits per heavy atom. The molecule has 1 unspecified atom stereocenters. The maximum atomic E-state index is 6.21. The third-order valence-corrected chi connectivity index (χ3v) is 5.87. The fourth-order valence-corrected chi connectivity index (χ4v) is 4.66. The molecule has 0 bridgehead atoms. The first kappa shape index (κ1) is 13.3. The molecule has 0 spiro atoms. The lowest BCUT2D eigenvalue weighted by Crippen LogP contribution is -2.26. The number of rotatable bonds is 1. The molecule has 2 N–H and O–H groups in total. The molecular weight excluding hydrogens is 278 g/mol. The molecule has 0 saturated carbocycles. The molecule has 2 heterocycles. The summed E-state index contributed by atoms with van der Waals surface area (Å²) < 4.78 is 0. The normalized spacial score (nSPS) is 21.6. The van der Waals surface area contributed by atoms with Crippen molar-refractivity contribution >= 4 is 16.5 Å². The summed E-state index contributed by atoms with van der Waals surface area (Å²) >= 11 is 1.87. The van der Waals surface area contributed by atoms with Gasteiger partial charge in [-0.1, -0.05) is 24.3 Å². The van der Waals surface area contributed by atoms with Crippen molar-refractivity contribution in [2.45, 2.75) is 38.1 Å². The van der Waals surface area contributed by atoms with Crippen LogP contribution in [0.25, 0.3) is 0 Å². The Labute approximate surface area is 129 Å². The van der Waals surface area contributed by atoms with Crippen LogP contribution in [0.5, 0.6) is 0 Å². The summed E-state index contributed by atoms with van der Waals surface area (Å²) in [4.78, 5) is 8.76. The molecule has 1 aliphatic carbocycles. The van der Waals surface area contributed by atoms with Crippen LogP contribution in [0.4, 0.5) is 5.13 Å². The maximum absolute atomic E-state index is 6.21. The molecule has 21 heavy (non-hydrogen) atoms. The molecule has 4 heteroatoms. The van der Waals surface area contributed by atoms with Gasteiger partial charge < -0.3 is 10.6 Å². The molecule has 0 radical (unpaired) electrons. The van der Waals surface area contributed by atoms with E-state index in [2.05, 4.69) is 29.2 Å². The van der Waals surface area contributed by atoms with Crippen LogP contribution in [-0.2, 0) is 19.3 Å². The number of nitrogens with two attached hydrogens (primary N) is 1. The van der Waals surface area contributed by atoms with Gasteiger partial charge in [-0.2, -0.15) is 0 Å². The highest BCUT2D eigenvalue weighted by Crippen LogP contribution is 2.36. The van der Waals surface area contributed by atoms with E-state index < -0.39 is 0 Å². The Balaban J connectivity index is 1.58. The van der Waals surface area contributed by atoms with E-state index in [0.29, 0.717) is 0 Å². The Morgan fingerprint density at radius 2 is 1.81 bits per heavy atom. The Kier molecular flexibility index (Phi) is 3.43. The van der Waals surface area contributed by atoms with Gasteiger partial charge in [0, 0.05) is 24.0 Å². The first-order valence-corrected chi connectivity index (χ1v) is 8.70. The Hall–Kier alpha value is -1.39. The number of hydrogen-bond donors (Lipinski definition) is 1. The summed E-state index contributed by atoms with van der Waals surface area (Å²) in [5, 5.41) is 1.19. The van der Waals surface area contributed by atoms with Gasteiger partial charge in [-0.25, -0.2) is 4.98 Å². The minimum Gasteiger partial charge on any atom is -0.347 e. The quantitative estimate of drug-likeness (QED) is 0.880. The molecule has 0 fully saturated rings. The van der Waals surface area contributed by atoms with Gasteiger partial charge in [0.1, 0.15) is 0 Å². The molecule has 2 aromatic rings. The number of fused-ring (bicyclic) bond motifs is 2. The summed E-state index contributed by atoms with van der Waals surface area (Å²) in [6.45, 7) is 2.14. The largest absolute Gasteiger partial charge is 0.347 e. The summed E-state index contributed by atoms with van der Waals surface area (Å²) in [6, 6.07) is 8.98. The van der Waals surface area contributed by atoms with Crippen molar-refractivity contribution in [2.24, 2.45) is 5.73 Å². The van der Waals surface area contributed by atoms with E-state index in [1.807, 2.05) is 11.3 Å². The van der Waals surface area contributed by atoms with E-state index in [0.717, 1.165) is 38.8 Å². The van der Waals surface area contributed by atoms with Crippen molar-refractivity contribution < 1.29 is 0 Å². The molecule has 1 aliphatic heterocycles. The Bertz CT molecular complexity index is 622. The van der Waals surface area contributed by atoms with Gasteiger partial charge in [0.25, 0.3) is 0 Å². The number of hydrogen-bond acceptors (Lipinski definition) is 4. The molecule has 2 aliphatic rings. The number of nitrogens with zero attached hydrogens (tertiary/aromatic N) is 2. The summed E-state index contributed by atoms with van der Waals surface area (Å²) in [7, 11) is 0. The van der Waals surface area contributed by atoms with Crippen LogP contribution in [-0.4, -0.2) is 18.1 Å². The number of anilines is 1. The van der Waals surface area contributed by atoms with Crippen LogP contribution in [0.3, 0.4) is 0 Å². The summed E-state index contributed by atoms with van der Waals surface area (Å²) in [6.07, 6.45) is 5.69. The maximum Gasteiger partial charge on any atom is 0.185 e. The second kappa shape index (κ2) is 5.43. The second-order valence-electron chi connectivity index (χ2n) is 6.06. The molecular formula is C17H21N3S. The van der Waals surface area contributed by atoms with Crippen LogP contribution < -0.4 is 10.6 Å². The van der Waals surface area contributed by atoms with Crippen LogP contribution in [0.1, 0.15) is 40.6 Å². The van der Waals surface area contributed by atoms with Gasteiger partial charge in [-0.05, 0) is 43.2 Å². The lowest BCUT2D eigenvalue weighted by molar-refractivity contribution is 0.563. The number of benzene rings is 1. The summed E-state index contributed by atoms with van der Waals surface area (Å²) in [5.41, 5.74) is 10.4. The van der Waals surface area contributed by atoms with Crippen LogP contribution in [0.15, 0.2) is 24.3 Å². The van der Waals surface area contributed by atoms with Gasteiger partial charge in [0.15, 0.2) is 5.13 Å². The van der Waals surface area contributed by atoms with E-state index >= 15 is 0 Å². The predicted molar refractivity (Wildman–Crippen MR) is 88.0 cm³/mol. The van der Waals surface area contributed by atoms with Crippen LogP contribution in [0.2, 0.25) is 0 Å². The first-order chi connectivity index (χ1) is 10.3. The zero-order valence-corrected chi connectivity index (χ0v) is 13.0. The number of thiazole rings is 1. The summed E-state index contributed by atoms with van der Waals surface area (Å²) in [5.74, 6) is 0. The Morgan fingerprint density at radius 3 is 2.48 bits per heavy atom. The van der Waals surface area contributed by atoms with Gasteiger partial charge in [0.05, 0.1) is 5.69 Å². The average molecular weight is 299 g/mol. The smallest absolute Gasteiger partial charge is 0.185 e. The third kappa shape index (κ3) is 2.47. The minimum absolute atomic E-state index is 0.155. The van der Waals surface area contributed by atoms with Crippen molar-refractivity contribution in [1.82, 2.24) is 4.98 Å². The SMILES string of the molecule is NC1CCCc2sc(N3CCc4ccccc4CC3)nc21. The fourth-order valence-electron chi connectivity index (χ4n) is 3.43. The van der Waals surface area contributed by atoms with E-state index in [1.165, 1.54) is 33.3 Å². The zero-order chi connectivity index (χ0) is 14.2. The highest BCUT2D eigenvalue weighted by molar-refractivity contribution is 7.15. The van der Waals surface area contributed by atoms with Gasteiger partial charge in [0.2, 0.25) is 0 Å². The lowest BCUT2D eigenvalue weighted by Gasteiger charge is -2.19. The fraction of sp³-hybridized carbons (Fsp3) is 0.471. The topological polar surface area (TPSA) is 42.1 Å². The number of aromatic nitrogens is 1. The molecule has 4 rings (SSSR count). The molecule has 0 amide bonds. The molecule has 1 aromatic heterocycles. The third-order valence-electron chi connectivity index (χ3n) is 4.68. The van der Waals surface area contributed by atoms with Crippen molar-refractivity contribution in [3.8, 4) is 0 Å². The van der Waals surface area contributed by atoms with Crippen molar-refractivity contribution in [3.63, 3.8) is 0 Å². The van der Waals surface area contributed by atoms with Gasteiger partial charge in [-0.3, -0.25) is 0 Å². The standard InChI is InChI=1S/C17H21N3S/c18-14-6-3-7-15-16(14)19-17(21-15)20-10-8-12-4-1-2-5-13(12)9-11-20/h1-2,4-5,14H,3,6-11,18H2. The van der Waals surface area contributed by atoms with Gasteiger partial charge >= 0.3 is 0 Å². The van der Waals surface area contributed by atoms with E-state index in [-0.39, 0.29) is 6.04 Å². The molecule has 0 saturated heterocycles. The van der Waals surface area contributed by atoms with Crippen molar-refractivity contribution in [1.29, 1.82) is 0 Å². The van der Waals surface area contributed by atoms with Crippen molar-refractivity contribution in [3.05, 3.63) is 46.0 Å². The van der Waals surface area contributed by atoms with Gasteiger partial charge in [-0.15, -0.1) is 11.3 Å². The highest BCUT2D eigenvalue weighted by Gasteiger charge is 2.24. The first-order valence-electron chi connectivity index (χ1n) is 7.88. The second-order valence-corrected chi connectivity index (χ2v) is 7.12. The molecule has 1 aromatic carbocycles. The van der Waals surface area contributed by atoms with E-state index in [9.17, 15) is 0 Å². The lowest BCUT2D eigenvalue weighted by atomic mass is 9.99. The zero-order valence-electron chi connectivity index (χ0n) is 12.2. The minimum atomic E-state index is 0.155.